The molecule has 3 aromatic heterocycles. The minimum Gasteiger partial charge on any atom is -0.304 e. The standard InChI is InChI=1S/C15H11N5O2S/c1-19-13(21)7-6-12(18-19)17-14(22)11-8-20-10-5-3-2-4-9(10)16-15(20)23-11/h2-8H,1H3,(H,17,18,22). The van der Waals surface area contributed by atoms with Gasteiger partial charge in [-0.15, -0.1) is 0 Å². The van der Waals surface area contributed by atoms with Crippen molar-refractivity contribution in [2.45, 2.75) is 0 Å². The molecule has 0 spiro atoms. The molecule has 7 nitrogen and oxygen atoms in total. The number of hydrogen-bond donors (Lipinski definition) is 1. The van der Waals surface area contributed by atoms with E-state index in [-0.39, 0.29) is 11.5 Å². The summed E-state index contributed by atoms with van der Waals surface area (Å²) in [4.78, 5) is 29.4. The van der Waals surface area contributed by atoms with Gasteiger partial charge in [0.2, 0.25) is 0 Å². The molecule has 0 aliphatic heterocycles. The minimum absolute atomic E-state index is 0.232. The number of aryl methyl sites for hydroxylation is 1. The second kappa shape index (κ2) is 5.03. The molecule has 1 aromatic carbocycles. The topological polar surface area (TPSA) is 81.3 Å². The predicted octanol–water partition coefficient (Wildman–Crippen LogP) is 1.89. The number of carbonyl (C=O) groups excluding carboxylic acids is 1. The maximum atomic E-state index is 12.3. The van der Waals surface area contributed by atoms with Crippen LogP contribution in [0.5, 0.6) is 0 Å². The fourth-order valence-electron chi connectivity index (χ4n) is 2.31. The molecule has 0 atom stereocenters. The van der Waals surface area contributed by atoms with Crippen molar-refractivity contribution in [3.05, 3.63) is 57.8 Å². The molecule has 0 fully saturated rings. The van der Waals surface area contributed by atoms with Gasteiger partial charge in [-0.3, -0.25) is 14.0 Å². The van der Waals surface area contributed by atoms with E-state index in [2.05, 4.69) is 15.4 Å². The van der Waals surface area contributed by atoms with Gasteiger partial charge in [0.15, 0.2) is 10.8 Å². The molecule has 0 unspecified atom stereocenters. The lowest BCUT2D eigenvalue weighted by Crippen LogP contribution is -2.21. The van der Waals surface area contributed by atoms with E-state index in [1.165, 1.54) is 35.2 Å². The molecule has 0 bridgehead atoms. The Morgan fingerprint density at radius 3 is 2.87 bits per heavy atom. The van der Waals surface area contributed by atoms with E-state index in [0.29, 0.717) is 10.7 Å². The van der Waals surface area contributed by atoms with Gasteiger partial charge in [0.25, 0.3) is 11.5 Å². The predicted molar refractivity (Wildman–Crippen MR) is 88.0 cm³/mol. The molecule has 1 amide bonds. The molecule has 114 valence electrons. The van der Waals surface area contributed by atoms with Crippen LogP contribution in [0, 0.1) is 0 Å². The summed E-state index contributed by atoms with van der Waals surface area (Å²) in [7, 11) is 1.53. The minimum atomic E-state index is -0.282. The zero-order valence-electron chi connectivity index (χ0n) is 12.1. The fourth-order valence-corrected chi connectivity index (χ4v) is 3.20. The highest BCUT2D eigenvalue weighted by Gasteiger charge is 2.14. The van der Waals surface area contributed by atoms with Crippen LogP contribution in [0.3, 0.4) is 0 Å². The van der Waals surface area contributed by atoms with Gasteiger partial charge in [0, 0.05) is 19.3 Å². The lowest BCUT2D eigenvalue weighted by Gasteiger charge is -2.03. The van der Waals surface area contributed by atoms with Gasteiger partial charge in [-0.05, 0) is 18.2 Å². The Kier molecular flexibility index (Phi) is 2.98. The van der Waals surface area contributed by atoms with Crippen LogP contribution in [0.25, 0.3) is 16.0 Å². The number of nitrogens with zero attached hydrogens (tertiary/aromatic N) is 4. The molecular weight excluding hydrogens is 314 g/mol. The summed E-state index contributed by atoms with van der Waals surface area (Å²) in [5.41, 5.74) is 1.62. The van der Waals surface area contributed by atoms with E-state index in [1.54, 1.807) is 6.20 Å². The Morgan fingerprint density at radius 1 is 1.22 bits per heavy atom. The van der Waals surface area contributed by atoms with Crippen LogP contribution in [-0.4, -0.2) is 25.1 Å². The Balaban J connectivity index is 1.69. The van der Waals surface area contributed by atoms with Crippen molar-refractivity contribution in [2.24, 2.45) is 7.05 Å². The lowest BCUT2D eigenvalue weighted by molar-refractivity contribution is 0.102. The molecule has 0 saturated carbocycles. The Bertz CT molecular complexity index is 1110. The Labute approximate surface area is 133 Å². The van der Waals surface area contributed by atoms with Crippen molar-refractivity contribution in [2.75, 3.05) is 5.32 Å². The first kappa shape index (κ1) is 13.6. The number of para-hydroxylation sites is 2. The molecule has 0 saturated heterocycles. The van der Waals surface area contributed by atoms with Crippen LogP contribution in [0.4, 0.5) is 5.82 Å². The smallest absolute Gasteiger partial charge is 0.268 e. The number of rotatable bonds is 2. The van der Waals surface area contributed by atoms with Crippen LogP contribution in [0.1, 0.15) is 9.67 Å². The van der Waals surface area contributed by atoms with Crippen molar-refractivity contribution in [3.8, 4) is 0 Å². The highest BCUT2D eigenvalue weighted by Crippen LogP contribution is 2.24. The third kappa shape index (κ3) is 2.29. The van der Waals surface area contributed by atoms with Crippen molar-refractivity contribution in [1.29, 1.82) is 0 Å². The van der Waals surface area contributed by atoms with Gasteiger partial charge < -0.3 is 5.32 Å². The van der Waals surface area contributed by atoms with E-state index in [1.807, 2.05) is 28.7 Å². The van der Waals surface area contributed by atoms with Crippen LogP contribution >= 0.6 is 11.3 Å². The van der Waals surface area contributed by atoms with Crippen LogP contribution in [-0.2, 0) is 7.05 Å². The zero-order valence-corrected chi connectivity index (χ0v) is 12.9. The SMILES string of the molecule is Cn1nc(NC(=O)c2cn3c(nc4ccccc43)s2)ccc1=O. The molecule has 1 N–H and O–H groups in total. The van der Waals surface area contributed by atoms with Crippen LogP contribution < -0.4 is 10.9 Å². The van der Waals surface area contributed by atoms with Gasteiger partial charge in [-0.2, -0.15) is 5.10 Å². The molecule has 4 rings (SSSR count). The first-order valence-corrected chi connectivity index (χ1v) is 7.66. The van der Waals surface area contributed by atoms with Crippen molar-refractivity contribution in [1.82, 2.24) is 19.2 Å². The van der Waals surface area contributed by atoms with Crippen molar-refractivity contribution >= 4 is 39.1 Å². The second-order valence-electron chi connectivity index (χ2n) is 4.98. The Morgan fingerprint density at radius 2 is 2.04 bits per heavy atom. The monoisotopic (exact) mass is 325 g/mol. The number of carbonyl (C=O) groups is 1. The average Bonchev–Trinajstić information content (AvgIpc) is 3.08. The molecule has 0 aliphatic carbocycles. The number of thiazole rings is 1. The summed E-state index contributed by atoms with van der Waals surface area (Å²) in [5.74, 6) is 0.0451. The largest absolute Gasteiger partial charge is 0.304 e. The van der Waals surface area contributed by atoms with Gasteiger partial charge in [0.1, 0.15) is 4.88 Å². The number of anilines is 1. The summed E-state index contributed by atoms with van der Waals surface area (Å²) in [5, 5.41) is 6.67. The van der Waals surface area contributed by atoms with E-state index in [4.69, 9.17) is 0 Å². The third-order valence-electron chi connectivity index (χ3n) is 3.44. The lowest BCUT2D eigenvalue weighted by atomic mass is 10.3. The zero-order chi connectivity index (χ0) is 16.0. The maximum Gasteiger partial charge on any atom is 0.268 e. The first-order chi connectivity index (χ1) is 11.1. The number of fused-ring (bicyclic) bond motifs is 3. The fraction of sp³-hybridized carbons (Fsp3) is 0.0667. The third-order valence-corrected chi connectivity index (χ3v) is 4.42. The number of aromatic nitrogens is 4. The van der Waals surface area contributed by atoms with E-state index >= 15 is 0 Å². The van der Waals surface area contributed by atoms with Gasteiger partial charge in [0.05, 0.1) is 11.0 Å². The number of imidazole rings is 1. The molecule has 3 heterocycles. The number of benzene rings is 1. The summed E-state index contributed by atoms with van der Waals surface area (Å²) in [6.07, 6.45) is 1.76. The quantitative estimate of drug-likeness (QED) is 0.610. The van der Waals surface area contributed by atoms with E-state index in [0.717, 1.165) is 16.0 Å². The van der Waals surface area contributed by atoms with Crippen molar-refractivity contribution < 1.29 is 4.79 Å². The molecular formula is C15H11N5O2S. The maximum absolute atomic E-state index is 12.3. The van der Waals surface area contributed by atoms with Crippen LogP contribution in [0.15, 0.2) is 47.4 Å². The highest BCUT2D eigenvalue weighted by molar-refractivity contribution is 7.19. The van der Waals surface area contributed by atoms with Crippen molar-refractivity contribution in [3.63, 3.8) is 0 Å². The summed E-state index contributed by atoms with van der Waals surface area (Å²) in [6.45, 7) is 0. The van der Waals surface area contributed by atoms with Gasteiger partial charge in [-0.25, -0.2) is 9.67 Å². The molecule has 0 radical (unpaired) electrons. The second-order valence-corrected chi connectivity index (χ2v) is 5.99. The highest BCUT2D eigenvalue weighted by atomic mass is 32.1. The number of hydrogen-bond acceptors (Lipinski definition) is 5. The molecule has 0 aliphatic rings. The van der Waals surface area contributed by atoms with E-state index < -0.39 is 0 Å². The number of nitrogens with one attached hydrogen (secondary N) is 1. The Hall–Kier alpha value is -3.00. The molecule has 8 heteroatoms. The van der Waals surface area contributed by atoms with Crippen LogP contribution in [0.2, 0.25) is 0 Å². The normalized spacial score (nSPS) is 11.2. The molecule has 23 heavy (non-hydrogen) atoms. The summed E-state index contributed by atoms with van der Waals surface area (Å²) >= 11 is 1.30. The number of amides is 1. The molecule has 4 aromatic rings. The summed E-state index contributed by atoms with van der Waals surface area (Å²) < 4.78 is 3.06. The first-order valence-electron chi connectivity index (χ1n) is 6.84. The van der Waals surface area contributed by atoms with E-state index in [9.17, 15) is 9.59 Å². The van der Waals surface area contributed by atoms with Gasteiger partial charge >= 0.3 is 0 Å². The van der Waals surface area contributed by atoms with Gasteiger partial charge in [-0.1, -0.05) is 23.5 Å². The average molecular weight is 325 g/mol. The summed E-state index contributed by atoms with van der Waals surface area (Å²) in [6, 6.07) is 10.6.